The minimum atomic E-state index is -1.19. The Labute approximate surface area is 178 Å². The number of hydrogen-bond donors (Lipinski definition) is 0. The first-order valence-electron chi connectivity index (χ1n) is 9.82. The van der Waals surface area contributed by atoms with Gasteiger partial charge in [-0.1, -0.05) is 9.24 Å². The van der Waals surface area contributed by atoms with Crippen molar-refractivity contribution >= 4 is 36.3 Å². The Morgan fingerprint density at radius 2 is 1.76 bits per heavy atom. The number of ether oxygens (including phenoxy) is 4. The molecular weight excluding hydrogens is 387 g/mol. The molecule has 2 aliphatic rings. The molecule has 9 heteroatoms. The summed E-state index contributed by atoms with van der Waals surface area (Å²) in [6, 6.07) is 3.61. The molecule has 0 aromatic heterocycles. The van der Waals surface area contributed by atoms with E-state index >= 15 is 0 Å². The van der Waals surface area contributed by atoms with Crippen LogP contribution in [0.3, 0.4) is 0 Å². The second kappa shape index (κ2) is 7.61. The highest BCUT2D eigenvalue weighted by molar-refractivity contribution is 7.28. The summed E-state index contributed by atoms with van der Waals surface area (Å²) in [6.45, 7) is 10.1. The molecule has 1 aromatic rings. The molecule has 29 heavy (non-hydrogen) atoms. The number of amides is 1. The molecule has 1 fully saturated rings. The summed E-state index contributed by atoms with van der Waals surface area (Å²) in [5.74, 6) is 1.70. The minimum absolute atomic E-state index is 0.0143. The van der Waals surface area contributed by atoms with Crippen LogP contribution in [0.1, 0.15) is 47.5 Å². The van der Waals surface area contributed by atoms with E-state index in [2.05, 4.69) is 9.24 Å². The van der Waals surface area contributed by atoms with Crippen molar-refractivity contribution in [1.29, 1.82) is 0 Å². The molecule has 1 saturated heterocycles. The first-order valence-corrected chi connectivity index (χ1v) is 10.4. The van der Waals surface area contributed by atoms with E-state index in [4.69, 9.17) is 34.6 Å². The molecule has 0 N–H and O–H groups in total. The first-order chi connectivity index (χ1) is 13.3. The molecule has 3 rings (SSSR count). The second-order valence-corrected chi connectivity index (χ2v) is 9.58. The van der Waals surface area contributed by atoms with Crippen LogP contribution in [0, 0.1) is 0 Å². The quantitative estimate of drug-likeness (QED) is 0.549. The third-order valence-corrected chi connectivity index (χ3v) is 5.68. The molecule has 4 radical (unpaired) electrons. The Hall–Kier alpha value is -1.55. The van der Waals surface area contributed by atoms with Gasteiger partial charge in [-0.2, -0.15) is 0 Å². The van der Waals surface area contributed by atoms with Gasteiger partial charge in [-0.15, -0.1) is 0 Å². The van der Waals surface area contributed by atoms with Crippen molar-refractivity contribution in [1.82, 2.24) is 4.90 Å². The van der Waals surface area contributed by atoms with E-state index in [0.29, 0.717) is 43.2 Å². The third-order valence-electron chi connectivity index (χ3n) is 5.13. The van der Waals surface area contributed by atoms with Crippen LogP contribution in [0.15, 0.2) is 12.1 Å². The van der Waals surface area contributed by atoms with Gasteiger partial charge in [-0.05, 0) is 46.8 Å². The summed E-state index contributed by atoms with van der Waals surface area (Å²) in [5, 5.41) is 0.726. The van der Waals surface area contributed by atoms with Crippen LogP contribution in [-0.4, -0.2) is 62.5 Å². The minimum Gasteiger partial charge on any atom is -0.491 e. The van der Waals surface area contributed by atoms with E-state index in [1.165, 1.54) is 0 Å². The van der Waals surface area contributed by atoms with Gasteiger partial charge in [0.15, 0.2) is 11.5 Å². The smallest absolute Gasteiger partial charge is 0.410 e. The zero-order valence-electron chi connectivity index (χ0n) is 17.8. The summed E-state index contributed by atoms with van der Waals surface area (Å²) in [6.07, 6.45) is 1.13. The summed E-state index contributed by atoms with van der Waals surface area (Å²) in [4.78, 5) is 13.9. The normalized spacial score (nSPS) is 27.4. The van der Waals surface area contributed by atoms with Gasteiger partial charge < -0.3 is 23.8 Å². The van der Waals surface area contributed by atoms with Crippen molar-refractivity contribution in [2.24, 2.45) is 0 Å². The molecule has 154 valence electrons. The monoisotopic (exact) mass is 415 g/mol. The second-order valence-electron chi connectivity index (χ2n) is 9.01. The van der Waals surface area contributed by atoms with Crippen molar-refractivity contribution in [3.8, 4) is 17.2 Å². The molecule has 0 bridgehead atoms. The summed E-state index contributed by atoms with van der Waals surface area (Å²) < 4.78 is 23.4. The van der Waals surface area contributed by atoms with Crippen molar-refractivity contribution in [3.05, 3.63) is 12.1 Å². The van der Waals surface area contributed by atoms with Crippen molar-refractivity contribution in [3.63, 3.8) is 0 Å². The highest BCUT2D eigenvalue weighted by Gasteiger charge is 2.45. The average molecular weight is 415 g/mol. The largest absolute Gasteiger partial charge is 0.491 e. The van der Waals surface area contributed by atoms with Crippen LogP contribution in [0.2, 0.25) is 0 Å². The lowest BCUT2D eigenvalue weighted by Crippen LogP contribution is -2.61. The zero-order chi connectivity index (χ0) is 21.6. The number of fused-ring (bicyclic) bond motifs is 1. The van der Waals surface area contributed by atoms with Gasteiger partial charge in [-0.3, -0.25) is 0 Å². The number of carbonyl (C=O) groups is 1. The molecule has 6 nitrogen and oxygen atoms in total. The topological polar surface area (TPSA) is 57.2 Å². The SMILES string of the molecule is [B]C1(C)Oc2ccc(OC3CCN(C(=O)OC(C)(C)C)CC3)c(P)c2OC1([B])C. The Morgan fingerprint density at radius 1 is 1.17 bits per heavy atom. The van der Waals surface area contributed by atoms with E-state index < -0.39 is 16.6 Å². The molecule has 1 amide bonds. The highest BCUT2D eigenvalue weighted by Crippen LogP contribution is 2.42. The van der Waals surface area contributed by atoms with E-state index in [9.17, 15) is 4.79 Å². The first kappa shape index (κ1) is 22.1. The number of likely N-dealkylation sites (tertiary alicyclic amines) is 1. The number of nitrogens with zero attached hydrogens (tertiary/aromatic N) is 1. The van der Waals surface area contributed by atoms with Crippen LogP contribution in [0.5, 0.6) is 17.2 Å². The number of benzene rings is 1. The van der Waals surface area contributed by atoms with Crippen molar-refractivity contribution in [2.45, 2.75) is 70.2 Å². The van der Waals surface area contributed by atoms with E-state index in [1.54, 1.807) is 24.8 Å². The lowest BCUT2D eigenvalue weighted by atomic mass is 9.60. The maximum Gasteiger partial charge on any atom is 0.410 e. The third kappa shape index (κ3) is 4.79. The van der Waals surface area contributed by atoms with Crippen molar-refractivity contribution < 1.29 is 23.7 Å². The summed E-state index contributed by atoms with van der Waals surface area (Å²) in [5.41, 5.74) is -2.85. The molecule has 3 atom stereocenters. The number of carbonyl (C=O) groups excluding carboxylic acids is 1. The maximum absolute atomic E-state index is 12.2. The molecule has 0 saturated carbocycles. The van der Waals surface area contributed by atoms with Gasteiger partial charge in [0.1, 0.15) is 33.1 Å². The Kier molecular flexibility index (Phi) is 5.81. The molecule has 0 spiro atoms. The Morgan fingerprint density at radius 3 is 2.34 bits per heavy atom. The van der Waals surface area contributed by atoms with Crippen LogP contribution in [-0.2, 0) is 4.74 Å². The van der Waals surface area contributed by atoms with Crippen LogP contribution >= 0.6 is 9.24 Å². The van der Waals surface area contributed by atoms with E-state index in [1.807, 2.05) is 26.8 Å². The maximum atomic E-state index is 12.2. The van der Waals surface area contributed by atoms with Gasteiger partial charge in [0, 0.05) is 25.9 Å². The Balaban J connectivity index is 1.65. The van der Waals surface area contributed by atoms with Crippen molar-refractivity contribution in [2.75, 3.05) is 13.1 Å². The lowest BCUT2D eigenvalue weighted by molar-refractivity contribution is -0.0164. The van der Waals surface area contributed by atoms with Gasteiger partial charge in [0.05, 0.1) is 16.3 Å². The van der Waals surface area contributed by atoms with Crippen LogP contribution in [0.25, 0.3) is 0 Å². The summed E-state index contributed by atoms with van der Waals surface area (Å²) in [7, 11) is 15.0. The van der Waals surface area contributed by atoms with Crippen LogP contribution in [0.4, 0.5) is 4.79 Å². The van der Waals surface area contributed by atoms with Gasteiger partial charge in [0.2, 0.25) is 0 Å². The molecule has 3 unspecified atom stereocenters. The Bertz CT molecular complexity index is 786. The fourth-order valence-corrected chi connectivity index (χ4v) is 3.52. The van der Waals surface area contributed by atoms with Crippen LogP contribution < -0.4 is 19.5 Å². The molecule has 0 aliphatic carbocycles. The average Bonchev–Trinajstić information content (AvgIpc) is 2.58. The predicted octanol–water partition coefficient (Wildman–Crippen LogP) is 2.51. The lowest BCUT2D eigenvalue weighted by Gasteiger charge is -2.47. The number of rotatable bonds is 2. The van der Waals surface area contributed by atoms with E-state index in [0.717, 1.165) is 5.30 Å². The zero-order valence-corrected chi connectivity index (χ0v) is 18.9. The predicted molar refractivity (Wildman–Crippen MR) is 117 cm³/mol. The highest BCUT2D eigenvalue weighted by atomic mass is 31.0. The van der Waals surface area contributed by atoms with Gasteiger partial charge in [0.25, 0.3) is 0 Å². The van der Waals surface area contributed by atoms with Gasteiger partial charge in [-0.25, -0.2) is 4.79 Å². The molecule has 2 heterocycles. The standard InChI is InChI=1S/C20H28B2NO5P/c1-18(2,3)28-17(24)23-10-8-12(9-11-23)25-14-7-6-13-15(16(14)29)27-20(5,22)19(4,21)26-13/h6-7,12H,8-11,29H2,1-5H3. The summed E-state index contributed by atoms with van der Waals surface area (Å²) >= 11 is 0. The molecular formula is C20H28B2NO5P. The molecule has 1 aromatic carbocycles. The molecule has 2 aliphatic heterocycles. The fourth-order valence-electron chi connectivity index (χ4n) is 3.16. The van der Waals surface area contributed by atoms with Gasteiger partial charge >= 0.3 is 6.09 Å². The number of piperidine rings is 1. The van der Waals surface area contributed by atoms with E-state index in [-0.39, 0.29) is 12.2 Å². The number of hydrogen-bond acceptors (Lipinski definition) is 5. The fraction of sp³-hybridized carbons (Fsp3) is 0.650.